The van der Waals surface area contributed by atoms with Gasteiger partial charge in [0, 0.05) is 17.6 Å². The van der Waals surface area contributed by atoms with Gasteiger partial charge in [0.2, 0.25) is 0 Å². The Morgan fingerprint density at radius 1 is 1.17 bits per heavy atom. The summed E-state index contributed by atoms with van der Waals surface area (Å²) in [6.07, 6.45) is 1.70. The molecule has 6 heteroatoms. The predicted molar refractivity (Wildman–Crippen MR) is 88.3 cm³/mol. The topological polar surface area (TPSA) is 76.2 Å². The fourth-order valence-electron chi connectivity index (χ4n) is 2.31. The highest BCUT2D eigenvalue weighted by molar-refractivity contribution is 6.06. The van der Waals surface area contributed by atoms with Crippen LogP contribution in [0.4, 0.5) is 5.82 Å². The Labute approximate surface area is 133 Å². The number of nitrogens with zero attached hydrogens (tertiary/aromatic N) is 1. The zero-order valence-corrected chi connectivity index (χ0v) is 13.1. The quantitative estimate of drug-likeness (QED) is 0.776. The largest absolute Gasteiger partial charge is 0.497 e. The number of nitrogens with one attached hydrogen (secondary N) is 2. The van der Waals surface area contributed by atoms with Gasteiger partial charge in [-0.3, -0.25) is 4.79 Å². The molecule has 1 aromatic carbocycles. The summed E-state index contributed by atoms with van der Waals surface area (Å²) in [5.41, 5.74) is 2.20. The van der Waals surface area contributed by atoms with Crippen LogP contribution in [0.5, 0.6) is 11.5 Å². The molecule has 2 N–H and O–H groups in total. The number of fused-ring (bicyclic) bond motifs is 1. The molecule has 0 aliphatic carbocycles. The summed E-state index contributed by atoms with van der Waals surface area (Å²) in [5, 5.41) is 3.60. The molecule has 0 atom stereocenters. The molecule has 0 aliphatic rings. The first-order valence-electron chi connectivity index (χ1n) is 7.09. The van der Waals surface area contributed by atoms with Gasteiger partial charge in [0.1, 0.15) is 23.0 Å². The number of carbonyl (C=O) groups is 1. The highest BCUT2D eigenvalue weighted by atomic mass is 16.5. The zero-order valence-electron chi connectivity index (χ0n) is 13.1. The van der Waals surface area contributed by atoms with E-state index in [9.17, 15) is 4.79 Å². The minimum absolute atomic E-state index is 0.265. The number of pyridine rings is 1. The minimum Gasteiger partial charge on any atom is -0.497 e. The molecular weight excluding hydrogens is 294 g/mol. The number of benzene rings is 1. The second-order valence-electron chi connectivity index (χ2n) is 5.15. The molecule has 0 spiro atoms. The molecule has 118 valence electrons. The SMILES string of the molecule is COc1cc(OC)c2[nH]c(C(=O)Nc3ccc(C)cn3)cc2c1. The maximum Gasteiger partial charge on any atom is 0.273 e. The van der Waals surface area contributed by atoms with E-state index in [4.69, 9.17) is 9.47 Å². The van der Waals surface area contributed by atoms with Crippen LogP contribution in [0.15, 0.2) is 36.5 Å². The van der Waals surface area contributed by atoms with Crippen molar-refractivity contribution in [2.24, 2.45) is 0 Å². The van der Waals surface area contributed by atoms with Crippen molar-refractivity contribution in [2.75, 3.05) is 19.5 Å². The molecule has 0 saturated heterocycles. The van der Waals surface area contributed by atoms with E-state index in [1.54, 1.807) is 38.6 Å². The Morgan fingerprint density at radius 3 is 2.65 bits per heavy atom. The van der Waals surface area contributed by atoms with Crippen LogP contribution < -0.4 is 14.8 Å². The molecule has 6 nitrogen and oxygen atoms in total. The van der Waals surface area contributed by atoms with Gasteiger partial charge in [-0.25, -0.2) is 4.98 Å². The summed E-state index contributed by atoms with van der Waals surface area (Å²) in [6.45, 7) is 1.94. The van der Waals surface area contributed by atoms with Gasteiger partial charge in [0.15, 0.2) is 0 Å². The molecule has 3 aromatic rings. The summed E-state index contributed by atoms with van der Waals surface area (Å²) in [6, 6.07) is 9.02. The monoisotopic (exact) mass is 311 g/mol. The lowest BCUT2D eigenvalue weighted by atomic mass is 10.2. The normalized spacial score (nSPS) is 10.6. The molecule has 3 rings (SSSR count). The Balaban J connectivity index is 1.93. The lowest BCUT2D eigenvalue weighted by molar-refractivity contribution is 0.102. The van der Waals surface area contributed by atoms with E-state index >= 15 is 0 Å². The van der Waals surface area contributed by atoms with E-state index in [0.29, 0.717) is 23.0 Å². The summed E-state index contributed by atoms with van der Waals surface area (Å²) in [4.78, 5) is 19.6. The average Bonchev–Trinajstić information content (AvgIpc) is 3.00. The zero-order chi connectivity index (χ0) is 16.4. The third kappa shape index (κ3) is 2.96. The number of anilines is 1. The highest BCUT2D eigenvalue weighted by Crippen LogP contribution is 2.31. The molecule has 0 bridgehead atoms. The van der Waals surface area contributed by atoms with Crippen LogP contribution in [0.2, 0.25) is 0 Å². The number of amides is 1. The Bertz CT molecular complexity index is 853. The van der Waals surface area contributed by atoms with Crippen LogP contribution in [0.3, 0.4) is 0 Å². The van der Waals surface area contributed by atoms with Gasteiger partial charge in [-0.05, 0) is 30.7 Å². The van der Waals surface area contributed by atoms with Gasteiger partial charge < -0.3 is 19.8 Å². The van der Waals surface area contributed by atoms with Crippen LogP contribution in [-0.4, -0.2) is 30.1 Å². The summed E-state index contributed by atoms with van der Waals surface area (Å²) in [5.74, 6) is 1.52. The number of hydrogen-bond donors (Lipinski definition) is 2. The van der Waals surface area contributed by atoms with E-state index in [1.165, 1.54) is 0 Å². The van der Waals surface area contributed by atoms with Crippen molar-refractivity contribution < 1.29 is 14.3 Å². The average molecular weight is 311 g/mol. The molecule has 0 fully saturated rings. The summed E-state index contributed by atoms with van der Waals surface area (Å²) >= 11 is 0. The number of hydrogen-bond acceptors (Lipinski definition) is 4. The van der Waals surface area contributed by atoms with Crippen LogP contribution in [0.25, 0.3) is 10.9 Å². The van der Waals surface area contributed by atoms with Crippen molar-refractivity contribution in [3.8, 4) is 11.5 Å². The molecule has 2 aromatic heterocycles. The number of methoxy groups -OCH3 is 2. The molecule has 0 radical (unpaired) electrons. The van der Waals surface area contributed by atoms with Gasteiger partial charge in [-0.2, -0.15) is 0 Å². The second kappa shape index (κ2) is 6.00. The Kier molecular flexibility index (Phi) is 3.89. The van der Waals surface area contributed by atoms with Crippen molar-refractivity contribution in [3.63, 3.8) is 0 Å². The highest BCUT2D eigenvalue weighted by Gasteiger charge is 2.14. The van der Waals surface area contributed by atoms with Crippen molar-refractivity contribution in [1.82, 2.24) is 9.97 Å². The first-order chi connectivity index (χ1) is 11.1. The van der Waals surface area contributed by atoms with Gasteiger partial charge in [0.25, 0.3) is 5.91 Å². The number of aromatic amines is 1. The predicted octanol–water partition coefficient (Wildman–Crippen LogP) is 3.14. The molecule has 0 unspecified atom stereocenters. The molecular formula is C17H17N3O3. The van der Waals surface area contributed by atoms with E-state index in [0.717, 1.165) is 16.5 Å². The van der Waals surface area contributed by atoms with Crippen LogP contribution in [0, 0.1) is 6.92 Å². The third-order valence-corrected chi connectivity index (χ3v) is 3.52. The Morgan fingerprint density at radius 2 is 2.00 bits per heavy atom. The number of rotatable bonds is 4. The molecule has 2 heterocycles. The van der Waals surface area contributed by atoms with Gasteiger partial charge >= 0.3 is 0 Å². The molecule has 23 heavy (non-hydrogen) atoms. The van der Waals surface area contributed by atoms with Crippen molar-refractivity contribution in [3.05, 3.63) is 47.8 Å². The van der Waals surface area contributed by atoms with Crippen molar-refractivity contribution in [1.29, 1.82) is 0 Å². The minimum atomic E-state index is -0.265. The van der Waals surface area contributed by atoms with Gasteiger partial charge in [-0.1, -0.05) is 6.07 Å². The number of aromatic nitrogens is 2. The van der Waals surface area contributed by atoms with E-state index < -0.39 is 0 Å². The third-order valence-electron chi connectivity index (χ3n) is 3.52. The fraction of sp³-hybridized carbons (Fsp3) is 0.176. The first-order valence-corrected chi connectivity index (χ1v) is 7.09. The maximum absolute atomic E-state index is 12.4. The smallest absolute Gasteiger partial charge is 0.273 e. The number of carbonyl (C=O) groups excluding carboxylic acids is 1. The molecule has 0 aliphatic heterocycles. The molecule has 0 saturated carbocycles. The van der Waals surface area contributed by atoms with E-state index in [1.807, 2.05) is 19.1 Å². The van der Waals surface area contributed by atoms with Crippen LogP contribution in [0.1, 0.15) is 16.1 Å². The molecule has 1 amide bonds. The summed E-state index contributed by atoms with van der Waals surface area (Å²) in [7, 11) is 3.16. The second-order valence-corrected chi connectivity index (χ2v) is 5.15. The number of ether oxygens (including phenoxy) is 2. The van der Waals surface area contributed by atoms with Crippen molar-refractivity contribution >= 4 is 22.6 Å². The van der Waals surface area contributed by atoms with Crippen LogP contribution >= 0.6 is 0 Å². The fourth-order valence-corrected chi connectivity index (χ4v) is 2.31. The number of aryl methyl sites for hydroxylation is 1. The maximum atomic E-state index is 12.4. The van der Waals surface area contributed by atoms with Crippen molar-refractivity contribution in [2.45, 2.75) is 6.92 Å². The lowest BCUT2D eigenvalue weighted by Crippen LogP contribution is -2.13. The van der Waals surface area contributed by atoms with Gasteiger partial charge in [0.05, 0.1) is 19.7 Å². The van der Waals surface area contributed by atoms with E-state index in [-0.39, 0.29) is 5.91 Å². The number of H-pyrrole nitrogens is 1. The standard InChI is InChI=1S/C17H17N3O3/c1-10-4-5-15(18-9-10)20-17(21)13-7-11-6-12(22-2)8-14(23-3)16(11)19-13/h4-9,19H,1-3H3,(H,18,20,21). The van der Waals surface area contributed by atoms with Gasteiger partial charge in [-0.15, -0.1) is 0 Å². The lowest BCUT2D eigenvalue weighted by Gasteiger charge is -2.05. The Hall–Kier alpha value is -3.02. The van der Waals surface area contributed by atoms with E-state index in [2.05, 4.69) is 15.3 Å². The first kappa shape index (κ1) is 14.9. The summed E-state index contributed by atoms with van der Waals surface area (Å²) < 4.78 is 10.6. The van der Waals surface area contributed by atoms with Crippen LogP contribution in [-0.2, 0) is 0 Å².